The Morgan fingerprint density at radius 3 is 2.84 bits per heavy atom. The van der Waals surface area contributed by atoms with Gasteiger partial charge in [-0.1, -0.05) is 25.8 Å². The Labute approximate surface area is 113 Å². The molecule has 0 radical (unpaired) electrons. The fourth-order valence-electron chi connectivity index (χ4n) is 2.33. The number of carboxylic acid groups (broad SMARTS) is 1. The van der Waals surface area contributed by atoms with Crippen LogP contribution in [-0.2, 0) is 17.8 Å². The Bertz CT molecular complexity index is 587. The molecule has 0 bridgehead atoms. The zero-order chi connectivity index (χ0) is 13.8. The fraction of sp³-hybridized carbons (Fsp3) is 0.467. The van der Waals surface area contributed by atoms with Gasteiger partial charge in [0, 0.05) is 6.54 Å². The first-order valence-corrected chi connectivity index (χ1v) is 6.79. The summed E-state index contributed by atoms with van der Waals surface area (Å²) in [6, 6.07) is 6.09. The first kappa shape index (κ1) is 13.6. The maximum atomic E-state index is 10.9. The van der Waals surface area contributed by atoms with E-state index in [0.717, 1.165) is 42.4 Å². The SMILES string of the molecule is CCCCCn1c(CC(=O)O)nc2cc(C)ccc21. The number of aryl methyl sites for hydroxylation is 2. The number of hydrogen-bond donors (Lipinski definition) is 1. The number of nitrogens with zero attached hydrogens (tertiary/aromatic N) is 2. The molecule has 1 aromatic heterocycles. The normalized spacial score (nSPS) is 11.1. The van der Waals surface area contributed by atoms with Crippen molar-refractivity contribution < 1.29 is 9.90 Å². The summed E-state index contributed by atoms with van der Waals surface area (Å²) in [5, 5.41) is 8.99. The number of unbranched alkanes of at least 4 members (excludes halogenated alkanes) is 2. The number of carboxylic acids is 1. The van der Waals surface area contributed by atoms with Gasteiger partial charge in [0.2, 0.25) is 0 Å². The van der Waals surface area contributed by atoms with E-state index in [1.165, 1.54) is 0 Å². The van der Waals surface area contributed by atoms with Crippen LogP contribution in [0.1, 0.15) is 37.6 Å². The lowest BCUT2D eigenvalue weighted by molar-refractivity contribution is -0.136. The summed E-state index contributed by atoms with van der Waals surface area (Å²) in [4.78, 5) is 15.4. The van der Waals surface area contributed by atoms with Crippen LogP contribution in [0.15, 0.2) is 18.2 Å². The summed E-state index contributed by atoms with van der Waals surface area (Å²) in [5.41, 5.74) is 3.08. The van der Waals surface area contributed by atoms with Gasteiger partial charge in [0.1, 0.15) is 12.2 Å². The van der Waals surface area contributed by atoms with Crippen molar-refractivity contribution in [1.82, 2.24) is 9.55 Å². The topological polar surface area (TPSA) is 55.1 Å². The van der Waals surface area contributed by atoms with E-state index in [4.69, 9.17) is 5.11 Å². The van der Waals surface area contributed by atoms with Gasteiger partial charge < -0.3 is 9.67 Å². The van der Waals surface area contributed by atoms with Crippen LogP contribution in [0.3, 0.4) is 0 Å². The molecule has 1 aromatic carbocycles. The first-order chi connectivity index (χ1) is 9.11. The second kappa shape index (κ2) is 5.87. The predicted molar refractivity (Wildman–Crippen MR) is 75.3 cm³/mol. The van der Waals surface area contributed by atoms with Crippen molar-refractivity contribution in [2.45, 2.75) is 46.1 Å². The molecule has 0 fully saturated rings. The molecule has 0 aliphatic heterocycles. The molecule has 4 heteroatoms. The summed E-state index contributed by atoms with van der Waals surface area (Å²) < 4.78 is 2.05. The summed E-state index contributed by atoms with van der Waals surface area (Å²) in [6.45, 7) is 5.02. The Hall–Kier alpha value is -1.84. The van der Waals surface area contributed by atoms with Crippen LogP contribution >= 0.6 is 0 Å². The van der Waals surface area contributed by atoms with Gasteiger partial charge in [-0.2, -0.15) is 0 Å². The van der Waals surface area contributed by atoms with Crippen LogP contribution in [0.25, 0.3) is 11.0 Å². The lowest BCUT2D eigenvalue weighted by atomic mass is 10.2. The van der Waals surface area contributed by atoms with Gasteiger partial charge in [-0.15, -0.1) is 0 Å². The van der Waals surface area contributed by atoms with E-state index in [1.807, 2.05) is 25.1 Å². The third kappa shape index (κ3) is 3.13. The van der Waals surface area contributed by atoms with Gasteiger partial charge >= 0.3 is 5.97 Å². The number of aromatic nitrogens is 2. The van der Waals surface area contributed by atoms with Crippen molar-refractivity contribution in [2.24, 2.45) is 0 Å². The molecule has 19 heavy (non-hydrogen) atoms. The Morgan fingerprint density at radius 2 is 2.16 bits per heavy atom. The standard InChI is InChI=1S/C15H20N2O2/c1-3-4-5-8-17-13-7-6-11(2)9-12(13)16-14(17)10-15(18)19/h6-7,9H,3-5,8,10H2,1-2H3,(H,18,19). The molecule has 0 aliphatic rings. The highest BCUT2D eigenvalue weighted by Crippen LogP contribution is 2.19. The van der Waals surface area contributed by atoms with E-state index in [0.29, 0.717) is 5.82 Å². The summed E-state index contributed by atoms with van der Waals surface area (Å²) in [6.07, 6.45) is 3.35. The van der Waals surface area contributed by atoms with Crippen molar-refractivity contribution in [3.63, 3.8) is 0 Å². The molecule has 0 saturated heterocycles. The maximum absolute atomic E-state index is 10.9. The van der Waals surface area contributed by atoms with Crippen molar-refractivity contribution in [2.75, 3.05) is 0 Å². The van der Waals surface area contributed by atoms with Gasteiger partial charge in [0.15, 0.2) is 0 Å². The molecule has 2 rings (SSSR count). The van der Waals surface area contributed by atoms with Crippen LogP contribution in [0, 0.1) is 6.92 Å². The quantitative estimate of drug-likeness (QED) is 0.812. The number of aliphatic carboxylic acids is 1. The zero-order valence-corrected chi connectivity index (χ0v) is 11.5. The minimum Gasteiger partial charge on any atom is -0.481 e. The average molecular weight is 260 g/mol. The number of benzene rings is 1. The number of imidazole rings is 1. The van der Waals surface area contributed by atoms with Gasteiger partial charge in [0.25, 0.3) is 0 Å². The average Bonchev–Trinajstić information content (AvgIpc) is 2.66. The van der Waals surface area contributed by atoms with E-state index >= 15 is 0 Å². The molecule has 102 valence electrons. The largest absolute Gasteiger partial charge is 0.481 e. The number of hydrogen-bond acceptors (Lipinski definition) is 2. The van der Waals surface area contributed by atoms with Crippen molar-refractivity contribution in [3.8, 4) is 0 Å². The van der Waals surface area contributed by atoms with Crippen molar-refractivity contribution in [1.29, 1.82) is 0 Å². The van der Waals surface area contributed by atoms with Gasteiger partial charge in [-0.05, 0) is 31.0 Å². The minimum absolute atomic E-state index is 0.0140. The second-order valence-corrected chi connectivity index (χ2v) is 4.95. The highest BCUT2D eigenvalue weighted by Gasteiger charge is 2.13. The minimum atomic E-state index is -0.830. The summed E-state index contributed by atoms with van der Waals surface area (Å²) in [5.74, 6) is -0.173. The molecule has 0 unspecified atom stereocenters. The van der Waals surface area contributed by atoms with E-state index in [2.05, 4.69) is 16.5 Å². The smallest absolute Gasteiger partial charge is 0.311 e. The van der Waals surface area contributed by atoms with Crippen LogP contribution in [0.2, 0.25) is 0 Å². The van der Waals surface area contributed by atoms with Crippen molar-refractivity contribution >= 4 is 17.0 Å². The molecule has 1 N–H and O–H groups in total. The number of rotatable bonds is 6. The highest BCUT2D eigenvalue weighted by atomic mass is 16.4. The van der Waals surface area contributed by atoms with Crippen LogP contribution in [0.5, 0.6) is 0 Å². The highest BCUT2D eigenvalue weighted by molar-refractivity contribution is 5.78. The van der Waals surface area contributed by atoms with Crippen molar-refractivity contribution in [3.05, 3.63) is 29.6 Å². The molecule has 0 spiro atoms. The number of fused-ring (bicyclic) bond motifs is 1. The Morgan fingerprint density at radius 1 is 1.37 bits per heavy atom. The second-order valence-electron chi connectivity index (χ2n) is 4.95. The zero-order valence-electron chi connectivity index (χ0n) is 11.5. The summed E-state index contributed by atoms with van der Waals surface area (Å²) in [7, 11) is 0. The van der Waals surface area contributed by atoms with Crippen LogP contribution in [-0.4, -0.2) is 20.6 Å². The molecule has 0 atom stereocenters. The van der Waals surface area contributed by atoms with Gasteiger partial charge in [-0.25, -0.2) is 4.98 Å². The fourth-order valence-corrected chi connectivity index (χ4v) is 2.33. The molecule has 0 aliphatic carbocycles. The Balaban J connectivity index is 2.39. The van der Waals surface area contributed by atoms with E-state index in [1.54, 1.807) is 0 Å². The molecular weight excluding hydrogens is 240 g/mol. The maximum Gasteiger partial charge on any atom is 0.311 e. The third-order valence-corrected chi connectivity index (χ3v) is 3.28. The van der Waals surface area contributed by atoms with Gasteiger partial charge in [0.05, 0.1) is 11.0 Å². The lowest BCUT2D eigenvalue weighted by Gasteiger charge is -2.07. The molecular formula is C15H20N2O2. The van der Waals surface area contributed by atoms with Crippen LogP contribution < -0.4 is 0 Å². The van der Waals surface area contributed by atoms with E-state index in [9.17, 15) is 4.79 Å². The molecule has 2 aromatic rings. The predicted octanol–water partition coefficient (Wildman–Crippen LogP) is 3.16. The molecule has 4 nitrogen and oxygen atoms in total. The van der Waals surface area contributed by atoms with E-state index < -0.39 is 5.97 Å². The molecule has 1 heterocycles. The van der Waals surface area contributed by atoms with Gasteiger partial charge in [-0.3, -0.25) is 4.79 Å². The molecule has 0 amide bonds. The van der Waals surface area contributed by atoms with E-state index in [-0.39, 0.29) is 6.42 Å². The monoisotopic (exact) mass is 260 g/mol. The first-order valence-electron chi connectivity index (χ1n) is 6.79. The number of carbonyl (C=O) groups is 1. The third-order valence-electron chi connectivity index (χ3n) is 3.28. The summed E-state index contributed by atoms with van der Waals surface area (Å²) >= 11 is 0. The Kier molecular flexibility index (Phi) is 4.20. The molecule has 0 saturated carbocycles. The lowest BCUT2D eigenvalue weighted by Crippen LogP contribution is -2.09. The van der Waals surface area contributed by atoms with Crippen LogP contribution in [0.4, 0.5) is 0 Å².